The zero-order valence-electron chi connectivity index (χ0n) is 11.0. The minimum Gasteiger partial charge on any atom is -0.308 e. The van der Waals surface area contributed by atoms with E-state index in [0.29, 0.717) is 18.7 Å². The van der Waals surface area contributed by atoms with Gasteiger partial charge in [-0.2, -0.15) is 5.10 Å². The van der Waals surface area contributed by atoms with E-state index in [1.165, 1.54) is 6.07 Å². The Labute approximate surface area is 111 Å². The molecule has 6 nitrogen and oxygen atoms in total. The van der Waals surface area contributed by atoms with Gasteiger partial charge in [0.2, 0.25) is 0 Å². The van der Waals surface area contributed by atoms with Crippen molar-refractivity contribution in [2.24, 2.45) is 7.05 Å². The van der Waals surface area contributed by atoms with Gasteiger partial charge in [0.25, 0.3) is 5.69 Å². The van der Waals surface area contributed by atoms with Gasteiger partial charge in [0.15, 0.2) is 0 Å². The molecule has 0 spiro atoms. The number of nitro benzene ring substituents is 1. The van der Waals surface area contributed by atoms with Crippen molar-refractivity contribution in [1.29, 1.82) is 0 Å². The van der Waals surface area contributed by atoms with E-state index in [9.17, 15) is 10.1 Å². The highest BCUT2D eigenvalue weighted by atomic mass is 16.6. The lowest BCUT2D eigenvalue weighted by atomic mass is 10.1. The molecule has 0 saturated heterocycles. The van der Waals surface area contributed by atoms with Crippen molar-refractivity contribution in [3.8, 4) is 0 Å². The third kappa shape index (κ3) is 3.17. The van der Waals surface area contributed by atoms with Crippen LogP contribution in [0.2, 0.25) is 0 Å². The number of nitro groups is 1. The molecule has 1 N–H and O–H groups in total. The summed E-state index contributed by atoms with van der Waals surface area (Å²) in [7, 11) is 1.87. The molecule has 1 aromatic heterocycles. The topological polar surface area (TPSA) is 73.0 Å². The molecule has 0 atom stereocenters. The maximum Gasteiger partial charge on any atom is 0.272 e. The van der Waals surface area contributed by atoms with Gasteiger partial charge in [-0.05, 0) is 12.5 Å². The van der Waals surface area contributed by atoms with E-state index in [0.717, 1.165) is 11.1 Å². The number of hydrogen-bond donors (Lipinski definition) is 1. The predicted octanol–water partition coefficient (Wildman–Crippen LogP) is 1.93. The molecule has 0 amide bonds. The van der Waals surface area contributed by atoms with Crippen LogP contribution in [-0.4, -0.2) is 14.7 Å². The van der Waals surface area contributed by atoms with Crippen LogP contribution >= 0.6 is 0 Å². The summed E-state index contributed by atoms with van der Waals surface area (Å²) < 4.78 is 1.75. The fourth-order valence-corrected chi connectivity index (χ4v) is 1.96. The summed E-state index contributed by atoms with van der Waals surface area (Å²) >= 11 is 0. The smallest absolute Gasteiger partial charge is 0.272 e. The predicted molar refractivity (Wildman–Crippen MR) is 71.6 cm³/mol. The van der Waals surface area contributed by atoms with Crippen LogP contribution in [0.4, 0.5) is 5.69 Å². The molecule has 2 aromatic rings. The van der Waals surface area contributed by atoms with Gasteiger partial charge in [0.05, 0.1) is 11.1 Å². The monoisotopic (exact) mass is 260 g/mol. The van der Waals surface area contributed by atoms with Crippen LogP contribution in [0.5, 0.6) is 0 Å². The van der Waals surface area contributed by atoms with Crippen LogP contribution in [0.1, 0.15) is 16.7 Å². The summed E-state index contributed by atoms with van der Waals surface area (Å²) in [6, 6.07) is 5.14. The van der Waals surface area contributed by atoms with Crippen molar-refractivity contribution in [3.05, 3.63) is 57.4 Å². The highest BCUT2D eigenvalue weighted by Crippen LogP contribution is 2.20. The molecule has 0 aliphatic rings. The molecule has 0 aliphatic carbocycles. The summed E-state index contributed by atoms with van der Waals surface area (Å²) in [6.45, 7) is 3.07. The van der Waals surface area contributed by atoms with Gasteiger partial charge in [-0.25, -0.2) is 0 Å². The van der Waals surface area contributed by atoms with Crippen LogP contribution in [0.15, 0.2) is 30.6 Å². The first kappa shape index (κ1) is 13.2. The number of hydrogen-bond acceptors (Lipinski definition) is 4. The fraction of sp³-hybridized carbons (Fsp3) is 0.308. The second-order valence-corrected chi connectivity index (χ2v) is 4.44. The molecule has 0 unspecified atom stereocenters. The van der Waals surface area contributed by atoms with Crippen molar-refractivity contribution in [1.82, 2.24) is 15.1 Å². The molecule has 19 heavy (non-hydrogen) atoms. The average molecular weight is 260 g/mol. The molecule has 6 heteroatoms. The normalized spacial score (nSPS) is 10.6. The van der Waals surface area contributed by atoms with Crippen LogP contribution in [0.3, 0.4) is 0 Å². The van der Waals surface area contributed by atoms with Gasteiger partial charge < -0.3 is 5.32 Å². The third-order valence-corrected chi connectivity index (χ3v) is 3.02. The van der Waals surface area contributed by atoms with Gasteiger partial charge in [-0.15, -0.1) is 0 Å². The summed E-state index contributed by atoms with van der Waals surface area (Å²) in [5, 5.41) is 18.2. The third-order valence-electron chi connectivity index (χ3n) is 3.02. The SMILES string of the molecule is Cc1c(CNCc2cnn(C)c2)cccc1[N+](=O)[O-]. The standard InChI is InChI=1S/C13H16N4O2/c1-10-12(4-3-5-13(10)17(18)19)8-14-6-11-7-15-16(2)9-11/h3-5,7,9,14H,6,8H2,1-2H3. The molecule has 2 rings (SSSR count). The number of nitrogens with one attached hydrogen (secondary N) is 1. The first-order valence-electron chi connectivity index (χ1n) is 5.99. The Kier molecular flexibility index (Phi) is 3.91. The molecule has 100 valence electrons. The Morgan fingerprint density at radius 2 is 2.21 bits per heavy atom. The molecule has 0 saturated carbocycles. The van der Waals surface area contributed by atoms with Crippen molar-refractivity contribution in [2.75, 3.05) is 0 Å². The lowest BCUT2D eigenvalue weighted by Gasteiger charge is -2.07. The van der Waals surface area contributed by atoms with Crippen LogP contribution in [0.25, 0.3) is 0 Å². The maximum absolute atomic E-state index is 10.8. The Morgan fingerprint density at radius 1 is 1.42 bits per heavy atom. The number of aromatic nitrogens is 2. The highest BCUT2D eigenvalue weighted by molar-refractivity contribution is 5.44. The molecule has 0 radical (unpaired) electrons. The van der Waals surface area contributed by atoms with E-state index < -0.39 is 0 Å². The van der Waals surface area contributed by atoms with Crippen LogP contribution in [0, 0.1) is 17.0 Å². The van der Waals surface area contributed by atoms with Crippen molar-refractivity contribution >= 4 is 5.69 Å². The van der Waals surface area contributed by atoms with E-state index in [-0.39, 0.29) is 10.6 Å². The van der Waals surface area contributed by atoms with Gasteiger partial charge in [-0.3, -0.25) is 14.8 Å². The molecule has 0 bridgehead atoms. The van der Waals surface area contributed by atoms with E-state index >= 15 is 0 Å². The molecule has 1 heterocycles. The molecule has 0 aliphatic heterocycles. The molecule has 1 aromatic carbocycles. The number of rotatable bonds is 5. The van der Waals surface area contributed by atoms with Gasteiger partial charge >= 0.3 is 0 Å². The zero-order chi connectivity index (χ0) is 13.8. The minimum atomic E-state index is -0.347. The lowest BCUT2D eigenvalue weighted by Crippen LogP contribution is -2.13. The number of aryl methyl sites for hydroxylation is 1. The second kappa shape index (κ2) is 5.62. The first-order valence-corrected chi connectivity index (χ1v) is 5.99. The van der Waals surface area contributed by atoms with Gasteiger partial charge in [0, 0.05) is 43.5 Å². The van der Waals surface area contributed by atoms with E-state index in [1.54, 1.807) is 23.9 Å². The Hall–Kier alpha value is -2.21. The number of nitrogens with zero attached hydrogens (tertiary/aromatic N) is 3. The van der Waals surface area contributed by atoms with E-state index in [2.05, 4.69) is 10.4 Å². The Balaban J connectivity index is 2.00. The second-order valence-electron chi connectivity index (χ2n) is 4.44. The molecule has 0 fully saturated rings. The summed E-state index contributed by atoms with van der Waals surface area (Å²) in [5.74, 6) is 0. The largest absolute Gasteiger partial charge is 0.308 e. The summed E-state index contributed by atoms with van der Waals surface area (Å²) in [6.07, 6.45) is 3.74. The van der Waals surface area contributed by atoms with Gasteiger partial charge in [-0.1, -0.05) is 12.1 Å². The quantitative estimate of drug-likeness (QED) is 0.658. The van der Waals surface area contributed by atoms with Gasteiger partial charge in [0.1, 0.15) is 0 Å². The van der Waals surface area contributed by atoms with Crippen molar-refractivity contribution in [3.63, 3.8) is 0 Å². The maximum atomic E-state index is 10.8. The lowest BCUT2D eigenvalue weighted by molar-refractivity contribution is -0.385. The van der Waals surface area contributed by atoms with Crippen LogP contribution < -0.4 is 5.32 Å². The Morgan fingerprint density at radius 3 is 2.84 bits per heavy atom. The van der Waals surface area contributed by atoms with E-state index in [1.807, 2.05) is 19.3 Å². The Bertz CT molecular complexity index is 592. The van der Waals surface area contributed by atoms with E-state index in [4.69, 9.17) is 0 Å². The highest BCUT2D eigenvalue weighted by Gasteiger charge is 2.12. The summed E-state index contributed by atoms with van der Waals surface area (Å²) in [4.78, 5) is 10.5. The van der Waals surface area contributed by atoms with Crippen LogP contribution in [-0.2, 0) is 20.1 Å². The minimum absolute atomic E-state index is 0.167. The average Bonchev–Trinajstić information content (AvgIpc) is 2.77. The van der Waals surface area contributed by atoms with Crippen molar-refractivity contribution in [2.45, 2.75) is 20.0 Å². The first-order chi connectivity index (χ1) is 9.08. The fourth-order valence-electron chi connectivity index (χ4n) is 1.96. The zero-order valence-corrected chi connectivity index (χ0v) is 11.0. The number of benzene rings is 1. The molecular formula is C13H16N4O2. The van der Waals surface area contributed by atoms with Crippen molar-refractivity contribution < 1.29 is 4.92 Å². The summed E-state index contributed by atoms with van der Waals surface area (Å²) in [5.41, 5.74) is 2.91. The molecular weight excluding hydrogens is 244 g/mol.